The molecule has 0 unspecified atom stereocenters. The first-order valence-electron chi connectivity index (χ1n) is 7.77. The number of hydrogen-bond donors (Lipinski definition) is 0. The van der Waals surface area contributed by atoms with Gasteiger partial charge in [0.1, 0.15) is 0 Å². The fourth-order valence-corrected chi connectivity index (χ4v) is 4.74. The van der Waals surface area contributed by atoms with Crippen LogP contribution in [0.1, 0.15) is 30.5 Å². The number of benzene rings is 2. The number of aryl methyl sites for hydroxylation is 2. The van der Waals surface area contributed by atoms with Crippen molar-refractivity contribution in [1.29, 1.82) is 0 Å². The van der Waals surface area contributed by atoms with Crippen molar-refractivity contribution in [2.45, 2.75) is 33.6 Å². The van der Waals surface area contributed by atoms with Crippen LogP contribution in [0.15, 0.2) is 48.5 Å². The molecule has 0 atom stereocenters. The van der Waals surface area contributed by atoms with E-state index in [1.807, 2.05) is 0 Å². The van der Waals surface area contributed by atoms with E-state index >= 15 is 0 Å². The third kappa shape index (κ3) is 5.66. The van der Waals surface area contributed by atoms with Gasteiger partial charge in [0.15, 0.2) is 0 Å². The number of rotatable bonds is 4. The van der Waals surface area contributed by atoms with Crippen LogP contribution >= 0.6 is 0 Å². The molecule has 0 amide bonds. The molecule has 0 aliphatic rings. The molecule has 25 heavy (non-hydrogen) atoms. The van der Waals surface area contributed by atoms with E-state index in [0.29, 0.717) is 0 Å². The van der Waals surface area contributed by atoms with E-state index in [2.05, 4.69) is 69.3 Å². The number of hydrogen-bond acceptors (Lipinski definition) is 0. The van der Waals surface area contributed by atoms with Gasteiger partial charge >= 0.3 is 21.7 Å². The molecule has 0 N–H and O–H groups in total. The maximum atomic E-state index is 2.33. The Hall–Kier alpha value is -0.149. The van der Waals surface area contributed by atoms with E-state index in [1.54, 1.807) is 5.56 Å². The van der Waals surface area contributed by atoms with Gasteiger partial charge in [-0.25, -0.2) is 0 Å². The van der Waals surface area contributed by atoms with Crippen molar-refractivity contribution in [3.8, 4) is 0 Å². The van der Waals surface area contributed by atoms with Gasteiger partial charge in [-0.2, -0.15) is 6.07 Å². The summed E-state index contributed by atoms with van der Waals surface area (Å²) in [7, 11) is 0.759. The predicted molar refractivity (Wildman–Crippen MR) is 94.5 cm³/mol. The molecule has 0 bridgehead atoms. The molecule has 5 heteroatoms. The molecule has 0 heterocycles. The molecular formula is C20H21Cl3SiTi. The van der Waals surface area contributed by atoms with Gasteiger partial charge in [-0.05, 0) is 24.0 Å². The van der Waals surface area contributed by atoms with Crippen LogP contribution in [-0.2, 0) is 34.6 Å². The summed E-state index contributed by atoms with van der Waals surface area (Å²) < 4.78 is 0. The van der Waals surface area contributed by atoms with Gasteiger partial charge in [-0.1, -0.05) is 50.2 Å². The summed E-state index contributed by atoms with van der Waals surface area (Å²) in [6.45, 7) is 6.78. The zero-order chi connectivity index (χ0) is 14.8. The Bertz CT molecular complexity index is 784. The van der Waals surface area contributed by atoms with Crippen molar-refractivity contribution in [3.63, 3.8) is 0 Å². The van der Waals surface area contributed by atoms with E-state index in [4.69, 9.17) is 0 Å². The van der Waals surface area contributed by atoms with Crippen LogP contribution in [-0.4, -0.2) is 9.52 Å². The second kappa shape index (κ2) is 12.3. The molecule has 0 nitrogen and oxygen atoms in total. The van der Waals surface area contributed by atoms with Crippen molar-refractivity contribution in [2.75, 3.05) is 0 Å². The fourth-order valence-electron chi connectivity index (χ4n) is 3.17. The van der Waals surface area contributed by atoms with E-state index in [9.17, 15) is 0 Å². The molecule has 0 saturated heterocycles. The van der Waals surface area contributed by atoms with Crippen LogP contribution in [0.3, 0.4) is 0 Å². The molecule has 3 rings (SSSR count). The van der Waals surface area contributed by atoms with Gasteiger partial charge in [-0.15, -0.1) is 39.7 Å². The second-order valence-corrected chi connectivity index (χ2v) is 6.85. The van der Waals surface area contributed by atoms with Crippen LogP contribution in [0, 0.1) is 6.92 Å². The monoisotopic (exact) mass is 442 g/mol. The van der Waals surface area contributed by atoms with E-state index < -0.39 is 0 Å². The summed E-state index contributed by atoms with van der Waals surface area (Å²) in [4.78, 5) is 0. The maximum absolute atomic E-state index is 2.33. The topological polar surface area (TPSA) is 0 Å². The molecule has 0 fully saturated rings. The van der Waals surface area contributed by atoms with Crippen molar-refractivity contribution in [1.82, 2.24) is 0 Å². The Morgan fingerprint density at radius 2 is 1.56 bits per heavy atom. The van der Waals surface area contributed by atoms with Gasteiger partial charge in [0.2, 0.25) is 0 Å². The predicted octanol–water partition coefficient (Wildman–Crippen LogP) is -5.34. The molecule has 0 spiro atoms. The molecule has 3 aromatic rings. The molecule has 3 aromatic carbocycles. The molecule has 0 aliphatic heterocycles. The number of fused-ring (bicyclic) bond motifs is 1. The van der Waals surface area contributed by atoms with E-state index in [-0.39, 0.29) is 58.9 Å². The first-order valence-corrected chi connectivity index (χ1v) is 8.77. The summed E-state index contributed by atoms with van der Waals surface area (Å²) in [5, 5.41) is 5.85. The third-order valence-corrected chi connectivity index (χ3v) is 5.92. The average molecular weight is 444 g/mol. The summed E-state index contributed by atoms with van der Waals surface area (Å²) in [5.74, 6) is 0. The van der Waals surface area contributed by atoms with Gasteiger partial charge in [0, 0.05) is 0 Å². The SMILES string of the molecule is CCc1cccc([Si][c-]2c(C)cc3ccccc32)c1CC.[Cl-].[Cl-].[Cl-].[Ti+4]. The molecule has 2 radical (unpaired) electrons. The summed E-state index contributed by atoms with van der Waals surface area (Å²) >= 11 is 0. The zero-order valence-electron chi connectivity index (χ0n) is 14.7. The van der Waals surface area contributed by atoms with E-state index in [1.165, 1.54) is 32.3 Å². The van der Waals surface area contributed by atoms with Crippen LogP contribution in [0.4, 0.5) is 0 Å². The Labute approximate surface area is 187 Å². The Balaban J connectivity index is 0. The zero-order valence-corrected chi connectivity index (χ0v) is 19.5. The maximum Gasteiger partial charge on any atom is 4.00 e. The normalized spacial score (nSPS) is 9.40. The van der Waals surface area contributed by atoms with Gasteiger partial charge in [0.25, 0.3) is 0 Å². The van der Waals surface area contributed by atoms with Crippen molar-refractivity contribution in [3.05, 3.63) is 65.2 Å². The summed E-state index contributed by atoms with van der Waals surface area (Å²) in [6, 6.07) is 17.9. The summed E-state index contributed by atoms with van der Waals surface area (Å²) in [6.07, 6.45) is 2.26. The Morgan fingerprint density at radius 3 is 2.20 bits per heavy atom. The van der Waals surface area contributed by atoms with Crippen LogP contribution < -0.4 is 47.6 Å². The first-order chi connectivity index (χ1) is 10.2. The van der Waals surface area contributed by atoms with Gasteiger partial charge in [-0.3, -0.25) is 0 Å². The minimum absolute atomic E-state index is 0. The number of halogens is 3. The van der Waals surface area contributed by atoms with Gasteiger partial charge < -0.3 is 37.2 Å². The van der Waals surface area contributed by atoms with E-state index in [0.717, 1.165) is 22.4 Å². The van der Waals surface area contributed by atoms with Crippen molar-refractivity contribution < 1.29 is 58.9 Å². The smallest absolute Gasteiger partial charge is 1.00 e. The first kappa shape index (κ1) is 27.1. The minimum atomic E-state index is 0. The molecule has 0 saturated carbocycles. The Kier molecular flexibility index (Phi) is 13.3. The standard InChI is InChI=1S/C20H21Si.3ClH.Ti/c1-4-15-10-8-12-19(17(15)5-2)21-20-14(3)13-16-9-6-7-11-18(16)20;;;;/h6-13H,4-5H2,1-3H3;3*1H;/q-1;;;;+4/p-3. The molecule has 0 aliphatic carbocycles. The largest absolute Gasteiger partial charge is 4.00 e. The molecule has 0 aromatic heterocycles. The Morgan fingerprint density at radius 1 is 0.880 bits per heavy atom. The summed E-state index contributed by atoms with van der Waals surface area (Å²) in [5.41, 5.74) is 4.50. The van der Waals surface area contributed by atoms with Crippen molar-refractivity contribution in [2.24, 2.45) is 0 Å². The molecule has 130 valence electrons. The quantitative estimate of drug-likeness (QED) is 0.279. The van der Waals surface area contributed by atoms with Crippen molar-refractivity contribution >= 4 is 30.7 Å². The molecular weight excluding hydrogens is 423 g/mol. The van der Waals surface area contributed by atoms with Gasteiger partial charge in [0.05, 0.1) is 9.52 Å². The fraction of sp³-hybridized carbons (Fsp3) is 0.250. The minimum Gasteiger partial charge on any atom is -1.00 e. The second-order valence-electron chi connectivity index (χ2n) is 5.56. The van der Waals surface area contributed by atoms with Crippen LogP contribution in [0.25, 0.3) is 10.8 Å². The average Bonchev–Trinajstić information content (AvgIpc) is 2.83. The third-order valence-electron chi connectivity index (χ3n) is 4.26. The van der Waals surface area contributed by atoms with Crippen LogP contribution in [0.5, 0.6) is 0 Å². The van der Waals surface area contributed by atoms with Crippen LogP contribution in [0.2, 0.25) is 0 Å².